The fourth-order valence-electron chi connectivity index (χ4n) is 3.42. The van der Waals surface area contributed by atoms with E-state index < -0.39 is 0 Å². The molecule has 0 aliphatic carbocycles. The third-order valence-electron chi connectivity index (χ3n) is 4.71. The lowest BCUT2D eigenvalue weighted by Crippen LogP contribution is -2.39. The van der Waals surface area contributed by atoms with E-state index in [1.165, 1.54) is 11.3 Å². The minimum absolute atomic E-state index is 0.124. The van der Waals surface area contributed by atoms with Crippen LogP contribution in [0.5, 0.6) is 0 Å². The number of thiazole rings is 1. The molecule has 0 bridgehead atoms. The van der Waals surface area contributed by atoms with Gasteiger partial charge >= 0.3 is 0 Å². The van der Waals surface area contributed by atoms with Crippen molar-refractivity contribution in [3.05, 3.63) is 33.8 Å². The van der Waals surface area contributed by atoms with E-state index in [0.29, 0.717) is 5.92 Å². The summed E-state index contributed by atoms with van der Waals surface area (Å²) >= 11 is 1.50. The highest BCUT2D eigenvalue weighted by Gasteiger charge is 2.29. The molecule has 3 rings (SSSR count). The van der Waals surface area contributed by atoms with E-state index in [4.69, 9.17) is 0 Å². The van der Waals surface area contributed by atoms with Gasteiger partial charge in [-0.15, -0.1) is 11.3 Å². The van der Waals surface area contributed by atoms with Gasteiger partial charge in [-0.2, -0.15) is 0 Å². The summed E-state index contributed by atoms with van der Waals surface area (Å²) < 4.78 is 2.24. The Bertz CT molecular complexity index is 736. The highest BCUT2D eigenvalue weighted by atomic mass is 32.1. The second kappa shape index (κ2) is 7.66. The monoisotopic (exact) mass is 361 g/mol. The third kappa shape index (κ3) is 4.10. The van der Waals surface area contributed by atoms with Gasteiger partial charge in [0.15, 0.2) is 0 Å². The van der Waals surface area contributed by atoms with Crippen LogP contribution in [0.4, 0.5) is 0 Å². The summed E-state index contributed by atoms with van der Waals surface area (Å²) in [7, 11) is 4.16. The highest BCUT2D eigenvalue weighted by Crippen LogP contribution is 2.28. The van der Waals surface area contributed by atoms with E-state index in [0.717, 1.165) is 60.4 Å². The maximum absolute atomic E-state index is 12.9. The van der Waals surface area contributed by atoms with Crippen LogP contribution < -0.4 is 0 Å². The van der Waals surface area contributed by atoms with E-state index in [2.05, 4.69) is 39.7 Å². The lowest BCUT2D eigenvalue weighted by atomic mass is 9.97. The van der Waals surface area contributed by atoms with Crippen molar-refractivity contribution >= 4 is 17.2 Å². The molecule has 1 saturated heterocycles. The van der Waals surface area contributed by atoms with Crippen molar-refractivity contribution in [1.82, 2.24) is 24.3 Å². The molecule has 0 radical (unpaired) electrons. The first kappa shape index (κ1) is 18.1. The number of likely N-dealkylation sites (N-methyl/N-ethyl adjacent to an activating group) is 1. The molecule has 136 valence electrons. The number of rotatable bonds is 5. The largest absolute Gasteiger partial charge is 0.337 e. The quantitative estimate of drug-likeness (QED) is 0.821. The lowest BCUT2D eigenvalue weighted by Gasteiger charge is -2.32. The average Bonchev–Trinajstić information content (AvgIpc) is 3.18. The molecule has 1 fully saturated rings. The molecular weight excluding hydrogens is 334 g/mol. The van der Waals surface area contributed by atoms with E-state index in [1.807, 2.05) is 24.9 Å². The SMILES string of the molecule is Cc1nc(C)c(C(=O)N2CCC[C@@H](c3nccn3CCN(C)C)C2)s1. The fraction of sp³-hybridized carbons (Fsp3) is 0.611. The molecule has 1 aliphatic rings. The van der Waals surface area contributed by atoms with E-state index >= 15 is 0 Å². The molecule has 1 aliphatic heterocycles. The summed E-state index contributed by atoms with van der Waals surface area (Å²) in [4.78, 5) is 26.9. The van der Waals surface area contributed by atoms with Crippen LogP contribution in [0.2, 0.25) is 0 Å². The summed E-state index contributed by atoms with van der Waals surface area (Å²) in [5.41, 5.74) is 0.849. The minimum Gasteiger partial charge on any atom is -0.337 e. The molecule has 2 aromatic rings. The normalized spacial score (nSPS) is 18.1. The van der Waals surface area contributed by atoms with Crippen molar-refractivity contribution in [3.63, 3.8) is 0 Å². The number of likely N-dealkylation sites (tertiary alicyclic amines) is 1. The predicted octanol–water partition coefficient (Wildman–Crippen LogP) is 2.54. The number of amides is 1. The number of imidazole rings is 1. The van der Waals surface area contributed by atoms with E-state index in [-0.39, 0.29) is 5.91 Å². The number of piperidine rings is 1. The zero-order valence-electron chi connectivity index (χ0n) is 15.5. The summed E-state index contributed by atoms with van der Waals surface area (Å²) in [6.07, 6.45) is 6.04. The molecule has 6 nitrogen and oxygen atoms in total. The molecule has 25 heavy (non-hydrogen) atoms. The van der Waals surface area contributed by atoms with Crippen LogP contribution in [0, 0.1) is 13.8 Å². The standard InChI is InChI=1S/C18H27N5OS/c1-13-16(25-14(2)20-13)18(24)23-8-5-6-15(12-23)17-19-7-9-22(17)11-10-21(3)4/h7,9,15H,5-6,8,10-12H2,1-4H3/t15-/m1/s1. The first-order valence-electron chi connectivity index (χ1n) is 8.84. The van der Waals surface area contributed by atoms with E-state index in [9.17, 15) is 4.79 Å². The number of hydrogen-bond donors (Lipinski definition) is 0. The molecule has 0 N–H and O–H groups in total. The fourth-order valence-corrected chi connectivity index (χ4v) is 4.31. The summed E-state index contributed by atoms with van der Waals surface area (Å²) in [5, 5.41) is 0.952. The third-order valence-corrected chi connectivity index (χ3v) is 5.77. The molecular formula is C18H27N5OS. The molecule has 1 amide bonds. The van der Waals surface area contributed by atoms with Crippen LogP contribution in [-0.2, 0) is 6.54 Å². The highest BCUT2D eigenvalue weighted by molar-refractivity contribution is 7.13. The van der Waals surface area contributed by atoms with Gasteiger partial charge in [-0.25, -0.2) is 9.97 Å². The Balaban J connectivity index is 1.72. The van der Waals surface area contributed by atoms with Crippen LogP contribution >= 0.6 is 11.3 Å². The van der Waals surface area contributed by atoms with Gasteiger partial charge in [-0.1, -0.05) is 0 Å². The van der Waals surface area contributed by atoms with Crippen LogP contribution in [0.3, 0.4) is 0 Å². The molecule has 3 heterocycles. The van der Waals surface area contributed by atoms with Crippen molar-refractivity contribution in [2.75, 3.05) is 33.7 Å². The second-order valence-electron chi connectivity index (χ2n) is 7.02. The minimum atomic E-state index is 0.124. The van der Waals surface area contributed by atoms with Crippen LogP contribution in [0.15, 0.2) is 12.4 Å². The van der Waals surface area contributed by atoms with Gasteiger partial charge in [0.1, 0.15) is 10.7 Å². The number of nitrogens with zero attached hydrogens (tertiary/aromatic N) is 5. The molecule has 1 atom stereocenters. The molecule has 0 saturated carbocycles. The topological polar surface area (TPSA) is 54.3 Å². The lowest BCUT2D eigenvalue weighted by molar-refractivity contribution is 0.0707. The van der Waals surface area contributed by atoms with Gasteiger partial charge in [0.2, 0.25) is 0 Å². The van der Waals surface area contributed by atoms with Crippen molar-refractivity contribution in [3.8, 4) is 0 Å². The molecule has 0 unspecified atom stereocenters. The van der Waals surface area contributed by atoms with Crippen molar-refractivity contribution < 1.29 is 4.79 Å². The van der Waals surface area contributed by atoms with Crippen LogP contribution in [0.1, 0.15) is 45.0 Å². The van der Waals surface area contributed by atoms with Gasteiger partial charge in [-0.05, 0) is 40.8 Å². The number of carbonyl (C=O) groups excluding carboxylic acids is 1. The van der Waals surface area contributed by atoms with Gasteiger partial charge in [0, 0.05) is 44.5 Å². The Morgan fingerprint density at radius 1 is 1.40 bits per heavy atom. The Morgan fingerprint density at radius 3 is 2.88 bits per heavy atom. The summed E-state index contributed by atoms with van der Waals surface area (Å²) in [5.74, 6) is 1.54. The zero-order chi connectivity index (χ0) is 18.0. The van der Waals surface area contributed by atoms with Crippen molar-refractivity contribution in [1.29, 1.82) is 0 Å². The Morgan fingerprint density at radius 2 is 2.20 bits per heavy atom. The first-order valence-corrected chi connectivity index (χ1v) is 9.66. The predicted molar refractivity (Wildman–Crippen MR) is 100 cm³/mol. The first-order chi connectivity index (χ1) is 12.0. The van der Waals surface area contributed by atoms with E-state index in [1.54, 1.807) is 0 Å². The molecule has 2 aromatic heterocycles. The van der Waals surface area contributed by atoms with Crippen molar-refractivity contribution in [2.45, 2.75) is 39.2 Å². The van der Waals surface area contributed by atoms with Gasteiger partial charge in [0.25, 0.3) is 5.91 Å². The second-order valence-corrected chi connectivity index (χ2v) is 8.22. The van der Waals surface area contributed by atoms with Crippen molar-refractivity contribution in [2.24, 2.45) is 0 Å². The van der Waals surface area contributed by atoms with Gasteiger partial charge in [0.05, 0.1) is 10.7 Å². The Hall–Kier alpha value is -1.73. The Labute approximate surface area is 153 Å². The van der Waals surface area contributed by atoms with Gasteiger partial charge < -0.3 is 14.4 Å². The Kier molecular flexibility index (Phi) is 5.54. The maximum Gasteiger partial charge on any atom is 0.265 e. The molecule has 0 aromatic carbocycles. The zero-order valence-corrected chi connectivity index (χ0v) is 16.3. The summed E-state index contributed by atoms with van der Waals surface area (Å²) in [6, 6.07) is 0. The molecule has 7 heteroatoms. The number of carbonyl (C=O) groups is 1. The smallest absolute Gasteiger partial charge is 0.265 e. The number of aryl methyl sites for hydroxylation is 2. The maximum atomic E-state index is 12.9. The van der Waals surface area contributed by atoms with Crippen LogP contribution in [-0.4, -0.2) is 64.0 Å². The van der Waals surface area contributed by atoms with Crippen LogP contribution in [0.25, 0.3) is 0 Å². The average molecular weight is 362 g/mol. The van der Waals surface area contributed by atoms with Gasteiger partial charge in [-0.3, -0.25) is 4.79 Å². The molecule has 0 spiro atoms. The summed E-state index contributed by atoms with van der Waals surface area (Å²) in [6.45, 7) is 7.36. The number of hydrogen-bond acceptors (Lipinski definition) is 5. The number of aromatic nitrogens is 3.